The Labute approximate surface area is 111 Å². The van der Waals surface area contributed by atoms with Crippen LogP contribution < -0.4 is 5.32 Å². The van der Waals surface area contributed by atoms with Gasteiger partial charge < -0.3 is 5.32 Å². The summed E-state index contributed by atoms with van der Waals surface area (Å²) in [7, 11) is 0. The highest BCUT2D eigenvalue weighted by Crippen LogP contribution is 2.14. The first kappa shape index (κ1) is 13.2. The van der Waals surface area contributed by atoms with E-state index in [2.05, 4.69) is 16.4 Å². The fourth-order valence-corrected chi connectivity index (χ4v) is 1.84. The molecule has 1 atom stereocenters. The summed E-state index contributed by atoms with van der Waals surface area (Å²) in [4.78, 5) is 4.00. The molecule has 0 spiro atoms. The molecule has 0 aliphatic rings. The average molecular weight is 255 g/mol. The molecule has 2 aromatic rings. The average Bonchev–Trinajstić information content (AvgIpc) is 2.45. The lowest BCUT2D eigenvalue weighted by molar-refractivity contribution is 0.564. The lowest BCUT2D eigenvalue weighted by Crippen LogP contribution is -2.19. The molecule has 4 heteroatoms. The maximum absolute atomic E-state index is 13.1. The fourth-order valence-electron chi connectivity index (χ4n) is 1.84. The van der Waals surface area contributed by atoms with Crippen LogP contribution in [0.3, 0.4) is 0 Å². The molecule has 2 rings (SSSR count). The Bertz CT molecular complexity index is 604. The topological polar surface area (TPSA) is 48.7 Å². The summed E-state index contributed by atoms with van der Waals surface area (Å²) in [6.07, 6.45) is 1.60. The van der Waals surface area contributed by atoms with Gasteiger partial charge in [-0.3, -0.25) is 0 Å². The van der Waals surface area contributed by atoms with Gasteiger partial charge >= 0.3 is 0 Å². The molecule has 96 valence electrons. The normalized spacial score (nSPS) is 11.8. The van der Waals surface area contributed by atoms with Gasteiger partial charge in [-0.1, -0.05) is 18.2 Å². The van der Waals surface area contributed by atoms with Crippen molar-refractivity contribution >= 4 is 0 Å². The quantitative estimate of drug-likeness (QED) is 0.913. The molecule has 0 aliphatic carbocycles. The number of nitriles is 1. The van der Waals surface area contributed by atoms with Gasteiger partial charge in [-0.15, -0.1) is 0 Å². The lowest BCUT2D eigenvalue weighted by atomic mass is 10.1. The van der Waals surface area contributed by atoms with E-state index in [0.717, 1.165) is 11.1 Å². The van der Waals surface area contributed by atoms with Gasteiger partial charge in [-0.25, -0.2) is 9.37 Å². The number of hydrogen-bond acceptors (Lipinski definition) is 3. The van der Waals surface area contributed by atoms with Gasteiger partial charge in [0.2, 0.25) is 0 Å². The van der Waals surface area contributed by atoms with Gasteiger partial charge in [0.15, 0.2) is 0 Å². The van der Waals surface area contributed by atoms with Crippen molar-refractivity contribution in [2.24, 2.45) is 0 Å². The Balaban J connectivity index is 2.05. The van der Waals surface area contributed by atoms with Crippen LogP contribution in [0.2, 0.25) is 0 Å². The van der Waals surface area contributed by atoms with Crippen LogP contribution in [0.15, 0.2) is 42.6 Å². The smallest absolute Gasteiger partial charge is 0.144 e. The largest absolute Gasteiger partial charge is 0.306 e. The molecule has 1 heterocycles. The van der Waals surface area contributed by atoms with Crippen LogP contribution in [0, 0.1) is 17.1 Å². The minimum Gasteiger partial charge on any atom is -0.306 e. The van der Waals surface area contributed by atoms with Crippen molar-refractivity contribution in [2.75, 3.05) is 0 Å². The van der Waals surface area contributed by atoms with Crippen molar-refractivity contribution in [3.63, 3.8) is 0 Å². The molecule has 0 aliphatic heterocycles. The number of benzene rings is 1. The first-order chi connectivity index (χ1) is 9.20. The Morgan fingerprint density at radius 3 is 2.95 bits per heavy atom. The SMILES string of the molecule is CC(NCc1cccnc1C#N)c1cccc(F)c1. The maximum Gasteiger partial charge on any atom is 0.144 e. The Morgan fingerprint density at radius 2 is 2.21 bits per heavy atom. The van der Waals surface area contributed by atoms with Crippen molar-refractivity contribution in [3.05, 3.63) is 65.2 Å². The lowest BCUT2D eigenvalue weighted by Gasteiger charge is -2.14. The highest BCUT2D eigenvalue weighted by Gasteiger charge is 2.07. The molecule has 19 heavy (non-hydrogen) atoms. The second-order valence-corrected chi connectivity index (χ2v) is 4.28. The zero-order valence-electron chi connectivity index (χ0n) is 10.6. The minimum absolute atomic E-state index is 0.00227. The van der Waals surface area contributed by atoms with Gasteiger partial charge in [0, 0.05) is 24.3 Å². The Morgan fingerprint density at radius 1 is 1.37 bits per heavy atom. The van der Waals surface area contributed by atoms with E-state index in [1.807, 2.05) is 19.1 Å². The molecule has 0 saturated heterocycles. The molecule has 1 N–H and O–H groups in total. The van der Waals surface area contributed by atoms with Gasteiger partial charge in [-0.05, 0) is 30.7 Å². The third-order valence-electron chi connectivity index (χ3n) is 2.94. The molecule has 0 radical (unpaired) electrons. The Hall–Kier alpha value is -2.25. The summed E-state index contributed by atoms with van der Waals surface area (Å²) >= 11 is 0. The number of halogens is 1. The highest BCUT2D eigenvalue weighted by atomic mass is 19.1. The second kappa shape index (κ2) is 6.07. The van der Waals surface area contributed by atoms with E-state index in [0.29, 0.717) is 12.2 Å². The van der Waals surface area contributed by atoms with Crippen LogP contribution in [0.5, 0.6) is 0 Å². The summed E-state index contributed by atoms with van der Waals surface area (Å²) in [6.45, 7) is 2.48. The van der Waals surface area contributed by atoms with Gasteiger partial charge in [0.1, 0.15) is 17.6 Å². The molecular formula is C15H14FN3. The van der Waals surface area contributed by atoms with E-state index in [4.69, 9.17) is 5.26 Å². The predicted molar refractivity (Wildman–Crippen MR) is 70.6 cm³/mol. The molecule has 0 bridgehead atoms. The third-order valence-corrected chi connectivity index (χ3v) is 2.94. The van der Waals surface area contributed by atoms with Gasteiger partial charge in [-0.2, -0.15) is 5.26 Å². The second-order valence-electron chi connectivity index (χ2n) is 4.28. The summed E-state index contributed by atoms with van der Waals surface area (Å²) < 4.78 is 13.1. The fraction of sp³-hybridized carbons (Fsp3) is 0.200. The summed E-state index contributed by atoms with van der Waals surface area (Å²) in [5.41, 5.74) is 2.14. The Kier molecular flexibility index (Phi) is 4.22. The van der Waals surface area contributed by atoms with Crippen LogP contribution in [0.1, 0.15) is 29.8 Å². The molecular weight excluding hydrogens is 241 g/mol. The number of pyridine rings is 1. The number of rotatable bonds is 4. The molecule has 1 aromatic heterocycles. The summed E-state index contributed by atoms with van der Waals surface area (Å²) in [6, 6.07) is 12.2. The van der Waals surface area contributed by atoms with Crippen molar-refractivity contribution < 1.29 is 4.39 Å². The number of hydrogen-bond donors (Lipinski definition) is 1. The first-order valence-corrected chi connectivity index (χ1v) is 6.03. The molecule has 0 fully saturated rings. The first-order valence-electron chi connectivity index (χ1n) is 6.03. The van der Waals surface area contributed by atoms with E-state index in [1.54, 1.807) is 18.3 Å². The number of nitrogens with one attached hydrogen (secondary N) is 1. The number of aromatic nitrogens is 1. The van der Waals surface area contributed by atoms with Crippen molar-refractivity contribution in [3.8, 4) is 6.07 Å². The zero-order valence-corrected chi connectivity index (χ0v) is 10.6. The van der Waals surface area contributed by atoms with Gasteiger partial charge in [0.25, 0.3) is 0 Å². The number of nitrogens with zero attached hydrogens (tertiary/aromatic N) is 2. The minimum atomic E-state index is -0.245. The van der Waals surface area contributed by atoms with E-state index in [9.17, 15) is 4.39 Å². The highest BCUT2D eigenvalue weighted by molar-refractivity contribution is 5.30. The van der Waals surface area contributed by atoms with Crippen molar-refractivity contribution in [2.45, 2.75) is 19.5 Å². The zero-order chi connectivity index (χ0) is 13.7. The molecule has 0 saturated carbocycles. The van der Waals surface area contributed by atoms with E-state index in [-0.39, 0.29) is 11.9 Å². The van der Waals surface area contributed by atoms with E-state index < -0.39 is 0 Å². The third kappa shape index (κ3) is 3.36. The summed E-state index contributed by atoms with van der Waals surface area (Å²) in [5.74, 6) is -0.245. The van der Waals surface area contributed by atoms with Crippen molar-refractivity contribution in [1.29, 1.82) is 5.26 Å². The van der Waals surface area contributed by atoms with E-state index >= 15 is 0 Å². The van der Waals surface area contributed by atoms with Crippen LogP contribution >= 0.6 is 0 Å². The maximum atomic E-state index is 13.1. The van der Waals surface area contributed by atoms with Crippen LogP contribution in [-0.4, -0.2) is 4.98 Å². The predicted octanol–water partition coefficient (Wildman–Crippen LogP) is 2.94. The van der Waals surface area contributed by atoms with Crippen LogP contribution in [-0.2, 0) is 6.54 Å². The van der Waals surface area contributed by atoms with E-state index in [1.165, 1.54) is 12.1 Å². The monoisotopic (exact) mass is 255 g/mol. The standard InChI is InChI=1S/C15H14FN3/c1-11(12-4-2-6-14(16)8-12)19-10-13-5-3-7-18-15(13)9-17/h2-8,11,19H,10H2,1H3. The van der Waals surface area contributed by atoms with Crippen molar-refractivity contribution in [1.82, 2.24) is 10.3 Å². The molecule has 1 unspecified atom stereocenters. The molecule has 3 nitrogen and oxygen atoms in total. The molecule has 0 amide bonds. The van der Waals surface area contributed by atoms with Gasteiger partial charge in [0.05, 0.1) is 0 Å². The molecule has 1 aromatic carbocycles. The van der Waals surface area contributed by atoms with Crippen LogP contribution in [0.4, 0.5) is 4.39 Å². The summed E-state index contributed by atoms with van der Waals surface area (Å²) in [5, 5.41) is 12.2. The van der Waals surface area contributed by atoms with Crippen LogP contribution in [0.25, 0.3) is 0 Å².